The number of nitrogens with zero attached hydrogens (tertiary/aromatic N) is 3. The standard InChI is InChI=1S/C18H23N3O/c1-19-11-6-9-17(19)18(22)20(2)13-15-10-12-21(14-15)16-7-4-3-5-8-16/h3-9,11,15H,10,12-14H2,1-2H3/t15-/m1/s1. The molecule has 0 radical (unpaired) electrons. The van der Waals surface area contributed by atoms with Gasteiger partial charge in [-0.15, -0.1) is 0 Å². The second kappa shape index (κ2) is 6.26. The van der Waals surface area contributed by atoms with E-state index in [9.17, 15) is 4.79 Å². The summed E-state index contributed by atoms with van der Waals surface area (Å²) in [6, 6.07) is 14.3. The number of hydrogen-bond acceptors (Lipinski definition) is 2. The van der Waals surface area contributed by atoms with Crippen LogP contribution in [0.3, 0.4) is 0 Å². The van der Waals surface area contributed by atoms with Crippen LogP contribution >= 0.6 is 0 Å². The highest BCUT2D eigenvalue weighted by Crippen LogP contribution is 2.24. The van der Waals surface area contributed by atoms with Gasteiger partial charge in [-0.05, 0) is 36.6 Å². The maximum atomic E-state index is 12.5. The lowest BCUT2D eigenvalue weighted by atomic mass is 10.1. The molecule has 1 atom stereocenters. The number of aromatic nitrogens is 1. The maximum absolute atomic E-state index is 12.5. The third-order valence-electron chi connectivity index (χ3n) is 4.45. The molecule has 22 heavy (non-hydrogen) atoms. The second-order valence-corrected chi connectivity index (χ2v) is 6.13. The molecule has 1 saturated heterocycles. The van der Waals surface area contributed by atoms with Crippen LogP contribution in [0, 0.1) is 5.92 Å². The van der Waals surface area contributed by atoms with Crippen molar-refractivity contribution in [3.05, 3.63) is 54.4 Å². The SMILES string of the molecule is CN(C[C@H]1CCN(c2ccccc2)C1)C(=O)c1cccn1C. The minimum absolute atomic E-state index is 0.102. The van der Waals surface area contributed by atoms with Crippen molar-refractivity contribution in [2.24, 2.45) is 13.0 Å². The van der Waals surface area contributed by atoms with E-state index in [0.717, 1.165) is 31.7 Å². The number of carbonyl (C=O) groups is 1. The number of carbonyl (C=O) groups excluding carboxylic acids is 1. The molecule has 0 aliphatic carbocycles. The Morgan fingerprint density at radius 1 is 1.23 bits per heavy atom. The Hall–Kier alpha value is -2.23. The predicted octanol–water partition coefficient (Wildman–Crippen LogP) is 2.62. The average molecular weight is 297 g/mol. The van der Waals surface area contributed by atoms with E-state index in [1.807, 2.05) is 48.0 Å². The fraction of sp³-hybridized carbons (Fsp3) is 0.389. The Morgan fingerprint density at radius 3 is 2.68 bits per heavy atom. The van der Waals surface area contributed by atoms with Crippen LogP contribution in [0.5, 0.6) is 0 Å². The Morgan fingerprint density at radius 2 is 2.00 bits per heavy atom. The molecule has 3 rings (SSSR count). The first kappa shape index (κ1) is 14.7. The van der Waals surface area contributed by atoms with Crippen molar-refractivity contribution in [3.8, 4) is 0 Å². The molecule has 0 bridgehead atoms. The molecule has 1 amide bonds. The van der Waals surface area contributed by atoms with E-state index < -0.39 is 0 Å². The van der Waals surface area contributed by atoms with Gasteiger partial charge in [-0.3, -0.25) is 4.79 Å². The van der Waals surface area contributed by atoms with E-state index in [1.54, 1.807) is 0 Å². The fourth-order valence-corrected chi connectivity index (χ4v) is 3.20. The van der Waals surface area contributed by atoms with Gasteiger partial charge in [0.25, 0.3) is 5.91 Å². The molecule has 0 spiro atoms. The summed E-state index contributed by atoms with van der Waals surface area (Å²) in [6.07, 6.45) is 3.05. The van der Waals surface area contributed by atoms with Gasteiger partial charge in [0.15, 0.2) is 0 Å². The minimum atomic E-state index is 0.102. The average Bonchev–Trinajstić information content (AvgIpc) is 3.16. The van der Waals surface area contributed by atoms with Crippen LogP contribution in [-0.2, 0) is 7.05 Å². The van der Waals surface area contributed by atoms with E-state index in [2.05, 4.69) is 29.2 Å². The fourth-order valence-electron chi connectivity index (χ4n) is 3.20. The van der Waals surface area contributed by atoms with Gasteiger partial charge in [-0.2, -0.15) is 0 Å². The summed E-state index contributed by atoms with van der Waals surface area (Å²) < 4.78 is 1.88. The largest absolute Gasteiger partial charge is 0.371 e. The van der Waals surface area contributed by atoms with Gasteiger partial charge in [0.2, 0.25) is 0 Å². The molecule has 1 aromatic heterocycles. The summed E-state index contributed by atoms with van der Waals surface area (Å²) >= 11 is 0. The summed E-state index contributed by atoms with van der Waals surface area (Å²) in [4.78, 5) is 16.7. The molecule has 1 aliphatic heterocycles. The molecule has 0 unspecified atom stereocenters. The third-order valence-corrected chi connectivity index (χ3v) is 4.45. The summed E-state index contributed by atoms with van der Waals surface area (Å²) in [7, 11) is 3.81. The van der Waals surface area contributed by atoms with Crippen molar-refractivity contribution in [3.63, 3.8) is 0 Å². The van der Waals surface area contributed by atoms with Gasteiger partial charge in [-0.1, -0.05) is 18.2 Å². The molecular formula is C18H23N3O. The summed E-state index contributed by atoms with van der Waals surface area (Å²) in [6.45, 7) is 2.91. The van der Waals surface area contributed by atoms with Crippen molar-refractivity contribution < 1.29 is 4.79 Å². The third kappa shape index (κ3) is 3.01. The summed E-state index contributed by atoms with van der Waals surface area (Å²) in [5.41, 5.74) is 2.03. The summed E-state index contributed by atoms with van der Waals surface area (Å²) in [5, 5.41) is 0. The summed E-state index contributed by atoms with van der Waals surface area (Å²) in [5.74, 6) is 0.639. The van der Waals surface area contributed by atoms with E-state index >= 15 is 0 Å². The van der Waals surface area contributed by atoms with Gasteiger partial charge in [-0.25, -0.2) is 0 Å². The molecule has 4 nitrogen and oxygen atoms in total. The minimum Gasteiger partial charge on any atom is -0.371 e. The second-order valence-electron chi connectivity index (χ2n) is 6.13. The molecular weight excluding hydrogens is 274 g/mol. The number of aryl methyl sites for hydroxylation is 1. The van der Waals surface area contributed by atoms with Crippen molar-refractivity contribution in [1.82, 2.24) is 9.47 Å². The first-order chi connectivity index (χ1) is 10.6. The molecule has 116 valence electrons. The lowest BCUT2D eigenvalue weighted by Crippen LogP contribution is -2.34. The Labute approximate surface area is 132 Å². The molecule has 4 heteroatoms. The smallest absolute Gasteiger partial charge is 0.270 e. The van der Waals surface area contributed by atoms with Crippen LogP contribution in [0.4, 0.5) is 5.69 Å². The van der Waals surface area contributed by atoms with Crippen LogP contribution in [-0.4, -0.2) is 42.1 Å². The van der Waals surface area contributed by atoms with Crippen LogP contribution in [0.1, 0.15) is 16.9 Å². The van der Waals surface area contributed by atoms with Crippen LogP contribution in [0.15, 0.2) is 48.7 Å². The Balaban J connectivity index is 1.58. The van der Waals surface area contributed by atoms with E-state index in [0.29, 0.717) is 5.92 Å². The number of amides is 1. The molecule has 2 heterocycles. The van der Waals surface area contributed by atoms with Gasteiger partial charge < -0.3 is 14.4 Å². The van der Waals surface area contributed by atoms with Gasteiger partial charge >= 0.3 is 0 Å². The number of hydrogen-bond donors (Lipinski definition) is 0. The van der Waals surface area contributed by atoms with Crippen molar-refractivity contribution >= 4 is 11.6 Å². The van der Waals surface area contributed by atoms with Crippen LogP contribution in [0.2, 0.25) is 0 Å². The molecule has 1 aliphatic rings. The predicted molar refractivity (Wildman–Crippen MR) is 89.1 cm³/mol. The van der Waals surface area contributed by atoms with Gasteiger partial charge in [0.05, 0.1) is 0 Å². The molecule has 1 fully saturated rings. The number of para-hydroxylation sites is 1. The van der Waals surface area contributed by atoms with Gasteiger partial charge in [0.1, 0.15) is 5.69 Å². The van der Waals surface area contributed by atoms with Gasteiger partial charge in [0, 0.05) is 45.6 Å². The monoisotopic (exact) mass is 297 g/mol. The molecule has 0 saturated carbocycles. The zero-order valence-corrected chi connectivity index (χ0v) is 13.3. The first-order valence-electron chi connectivity index (χ1n) is 7.82. The van der Waals surface area contributed by atoms with Crippen LogP contribution in [0.25, 0.3) is 0 Å². The molecule has 2 aromatic rings. The molecule has 1 aromatic carbocycles. The zero-order valence-electron chi connectivity index (χ0n) is 13.3. The Kier molecular flexibility index (Phi) is 4.18. The lowest BCUT2D eigenvalue weighted by Gasteiger charge is -2.23. The quantitative estimate of drug-likeness (QED) is 0.868. The normalized spacial score (nSPS) is 17.7. The topological polar surface area (TPSA) is 28.5 Å². The Bertz CT molecular complexity index is 635. The first-order valence-corrected chi connectivity index (χ1v) is 7.82. The van der Waals surface area contributed by atoms with Crippen molar-refractivity contribution in [2.45, 2.75) is 6.42 Å². The molecule has 0 N–H and O–H groups in total. The highest BCUT2D eigenvalue weighted by Gasteiger charge is 2.25. The van der Waals surface area contributed by atoms with E-state index in [1.165, 1.54) is 5.69 Å². The highest BCUT2D eigenvalue weighted by molar-refractivity contribution is 5.92. The number of rotatable bonds is 4. The highest BCUT2D eigenvalue weighted by atomic mass is 16.2. The number of benzene rings is 1. The van der Waals surface area contributed by atoms with E-state index in [4.69, 9.17) is 0 Å². The maximum Gasteiger partial charge on any atom is 0.270 e. The zero-order chi connectivity index (χ0) is 15.5. The lowest BCUT2D eigenvalue weighted by molar-refractivity contribution is 0.0767. The number of anilines is 1. The van der Waals surface area contributed by atoms with E-state index in [-0.39, 0.29) is 5.91 Å². The van der Waals surface area contributed by atoms with Crippen LogP contribution < -0.4 is 4.90 Å². The van der Waals surface area contributed by atoms with Crippen molar-refractivity contribution in [1.29, 1.82) is 0 Å². The van der Waals surface area contributed by atoms with Crippen molar-refractivity contribution in [2.75, 3.05) is 31.6 Å².